The fourth-order valence-electron chi connectivity index (χ4n) is 3.71. The molecule has 1 amide bonds. The summed E-state index contributed by atoms with van der Waals surface area (Å²) in [6.45, 7) is 9.59. The number of hydrogen-bond acceptors (Lipinski definition) is 6. The maximum absolute atomic E-state index is 13.2. The molecule has 37 heavy (non-hydrogen) atoms. The van der Waals surface area contributed by atoms with Crippen LogP contribution in [0.5, 0.6) is 5.75 Å². The molecule has 0 radical (unpaired) electrons. The fraction of sp³-hybridized carbons (Fsp3) is 0.500. The van der Waals surface area contributed by atoms with E-state index in [1.165, 1.54) is 13.2 Å². The monoisotopic (exact) mass is 544 g/mol. The predicted molar refractivity (Wildman–Crippen MR) is 136 cm³/mol. The van der Waals surface area contributed by atoms with Crippen LogP contribution in [0.25, 0.3) is 0 Å². The van der Waals surface area contributed by atoms with Gasteiger partial charge in [0, 0.05) is 57.0 Å². The molecule has 7 nitrogen and oxygen atoms in total. The van der Waals surface area contributed by atoms with Crippen LogP contribution in [-0.2, 0) is 32.4 Å². The number of benzene rings is 2. The fourth-order valence-corrected chi connectivity index (χ4v) is 4.71. The summed E-state index contributed by atoms with van der Waals surface area (Å²) in [5, 5.41) is 0. The van der Waals surface area contributed by atoms with Crippen molar-refractivity contribution in [1.29, 1.82) is 0 Å². The van der Waals surface area contributed by atoms with Crippen LogP contribution in [0.2, 0.25) is 0 Å². The van der Waals surface area contributed by atoms with E-state index < -0.39 is 26.8 Å². The number of halogens is 3. The smallest absolute Gasteiger partial charge is 0.383 e. The third-order valence-electron chi connectivity index (χ3n) is 5.69. The molecule has 0 aliphatic heterocycles. The van der Waals surface area contributed by atoms with Crippen LogP contribution in [0.3, 0.4) is 0 Å². The maximum Gasteiger partial charge on any atom is 0.416 e. The maximum atomic E-state index is 13.2. The van der Waals surface area contributed by atoms with Gasteiger partial charge in [0.15, 0.2) is 0 Å². The Labute approximate surface area is 217 Å². The van der Waals surface area contributed by atoms with Crippen LogP contribution >= 0.6 is 0 Å². The average Bonchev–Trinajstić information content (AvgIpc) is 2.82. The quantitative estimate of drug-likeness (QED) is 0.317. The lowest BCUT2D eigenvalue weighted by atomic mass is 10.1. The summed E-state index contributed by atoms with van der Waals surface area (Å²) in [6, 6.07) is 8.41. The molecule has 0 aromatic heterocycles. The summed E-state index contributed by atoms with van der Waals surface area (Å²) in [5.41, 5.74) is -0.0149. The molecule has 0 aliphatic rings. The number of alkyl halides is 3. The van der Waals surface area contributed by atoms with Gasteiger partial charge in [-0.3, -0.25) is 4.79 Å². The molecule has 0 aliphatic carbocycles. The molecule has 0 saturated carbocycles. The molecule has 2 aromatic carbocycles. The average molecular weight is 545 g/mol. The van der Waals surface area contributed by atoms with Gasteiger partial charge in [-0.05, 0) is 44.0 Å². The molecule has 0 saturated heterocycles. The molecule has 0 unspecified atom stereocenters. The van der Waals surface area contributed by atoms with E-state index in [2.05, 4.69) is 0 Å². The third kappa shape index (κ3) is 8.63. The number of carbonyl (C=O) groups excluding carboxylic acids is 1. The first kappa shape index (κ1) is 30.4. The zero-order valence-corrected chi connectivity index (χ0v) is 22.7. The van der Waals surface area contributed by atoms with Crippen molar-refractivity contribution < 1.29 is 35.3 Å². The highest BCUT2D eigenvalue weighted by Crippen LogP contribution is 2.33. The van der Waals surface area contributed by atoms with E-state index >= 15 is 0 Å². The first-order chi connectivity index (χ1) is 17.3. The second kappa shape index (κ2) is 13.1. The van der Waals surface area contributed by atoms with E-state index in [0.717, 1.165) is 18.2 Å². The number of rotatable bonds is 13. The van der Waals surface area contributed by atoms with Gasteiger partial charge in [-0.25, -0.2) is 0 Å². The lowest BCUT2D eigenvalue weighted by Crippen LogP contribution is -2.34. The van der Waals surface area contributed by atoms with Gasteiger partial charge in [0.1, 0.15) is 10.6 Å². The zero-order valence-electron chi connectivity index (χ0n) is 21.8. The van der Waals surface area contributed by atoms with Gasteiger partial charge >= 0.3 is 16.3 Å². The lowest BCUT2D eigenvalue weighted by molar-refractivity contribution is -0.137. The second-order valence-corrected chi connectivity index (χ2v) is 10.5. The Balaban J connectivity index is 2.53. The van der Waals surface area contributed by atoms with E-state index in [1.807, 2.05) is 32.6 Å². The van der Waals surface area contributed by atoms with Crippen LogP contribution in [0.4, 0.5) is 18.9 Å². The minimum atomic E-state index is -4.71. The largest absolute Gasteiger partial charge is 0.416 e. The minimum absolute atomic E-state index is 0.0425. The Hall–Kier alpha value is -2.79. The Morgan fingerprint density at radius 1 is 1.05 bits per heavy atom. The molecule has 0 fully saturated rings. The van der Waals surface area contributed by atoms with Crippen LogP contribution in [0, 0.1) is 5.92 Å². The standard InChI is InChI=1S/C26H35F3N2O5S/c1-6-30(7-2)22-12-11-20(18-31(13-14-35-5)25(32)15-19(3)4)24(17-22)36-37(33,34)23-10-8-9-21(16-23)26(27,28)29/h8-12,16-17,19H,6-7,13-15,18H2,1-5H3. The van der Waals surface area contributed by atoms with Crippen LogP contribution in [-0.4, -0.2) is 52.6 Å². The van der Waals surface area contributed by atoms with E-state index in [4.69, 9.17) is 8.92 Å². The Morgan fingerprint density at radius 2 is 1.73 bits per heavy atom. The number of ether oxygens (including phenoxy) is 1. The van der Waals surface area contributed by atoms with Crippen molar-refractivity contribution in [1.82, 2.24) is 4.90 Å². The summed E-state index contributed by atoms with van der Waals surface area (Å²) in [4.78, 5) is 15.8. The topological polar surface area (TPSA) is 76.2 Å². The van der Waals surface area contributed by atoms with Gasteiger partial charge < -0.3 is 18.7 Å². The molecule has 0 atom stereocenters. The van der Waals surface area contributed by atoms with Crippen molar-refractivity contribution in [2.75, 3.05) is 38.3 Å². The summed E-state index contributed by atoms with van der Waals surface area (Å²) < 4.78 is 76.3. The van der Waals surface area contributed by atoms with E-state index in [9.17, 15) is 26.4 Å². The highest BCUT2D eigenvalue weighted by atomic mass is 32.2. The van der Waals surface area contributed by atoms with Gasteiger partial charge in [0.2, 0.25) is 5.91 Å². The zero-order chi connectivity index (χ0) is 27.8. The molecule has 11 heteroatoms. The lowest BCUT2D eigenvalue weighted by Gasteiger charge is -2.26. The highest BCUT2D eigenvalue weighted by molar-refractivity contribution is 7.87. The molecule has 2 aromatic rings. The Bertz CT molecular complexity index is 1150. The van der Waals surface area contributed by atoms with Crippen LogP contribution < -0.4 is 9.08 Å². The van der Waals surface area contributed by atoms with Gasteiger partial charge in [-0.15, -0.1) is 0 Å². The van der Waals surface area contributed by atoms with Crippen molar-refractivity contribution in [3.63, 3.8) is 0 Å². The molecular formula is C26H35F3N2O5S. The first-order valence-electron chi connectivity index (χ1n) is 12.1. The first-order valence-corrected chi connectivity index (χ1v) is 13.5. The molecule has 0 bridgehead atoms. The molecule has 2 rings (SSSR count). The van der Waals surface area contributed by atoms with Crippen LogP contribution in [0.1, 0.15) is 45.2 Å². The summed E-state index contributed by atoms with van der Waals surface area (Å²) in [6.07, 6.45) is -4.42. The normalized spacial score (nSPS) is 12.0. The van der Waals surface area contributed by atoms with Gasteiger partial charge in [-0.2, -0.15) is 21.6 Å². The van der Waals surface area contributed by atoms with Crippen molar-refractivity contribution >= 4 is 21.7 Å². The van der Waals surface area contributed by atoms with E-state index in [-0.39, 0.29) is 37.3 Å². The third-order valence-corrected chi connectivity index (χ3v) is 6.92. The second-order valence-electron chi connectivity index (χ2n) is 8.93. The summed E-state index contributed by atoms with van der Waals surface area (Å²) in [7, 11) is -3.10. The van der Waals surface area contributed by atoms with Crippen LogP contribution in [0.15, 0.2) is 47.4 Å². The number of nitrogens with zero attached hydrogens (tertiary/aromatic N) is 2. The Morgan fingerprint density at radius 3 is 2.30 bits per heavy atom. The van der Waals surface area contributed by atoms with Crippen molar-refractivity contribution in [3.05, 3.63) is 53.6 Å². The van der Waals surface area contributed by atoms with Crippen molar-refractivity contribution in [3.8, 4) is 5.75 Å². The van der Waals surface area contributed by atoms with Gasteiger partial charge in [-0.1, -0.05) is 26.0 Å². The number of hydrogen-bond donors (Lipinski definition) is 0. The molecule has 206 valence electrons. The van der Waals surface area contributed by atoms with E-state index in [0.29, 0.717) is 36.8 Å². The summed E-state index contributed by atoms with van der Waals surface area (Å²) >= 11 is 0. The molecule has 0 heterocycles. The molecule has 0 spiro atoms. The minimum Gasteiger partial charge on any atom is -0.383 e. The predicted octanol–water partition coefficient (Wildman–Crippen LogP) is 5.34. The van der Waals surface area contributed by atoms with E-state index in [1.54, 1.807) is 17.0 Å². The number of methoxy groups -OCH3 is 1. The number of amides is 1. The Kier molecular flexibility index (Phi) is 10.8. The van der Waals surface area contributed by atoms with Crippen molar-refractivity contribution in [2.45, 2.75) is 51.7 Å². The highest BCUT2D eigenvalue weighted by Gasteiger charge is 2.32. The summed E-state index contributed by atoms with van der Waals surface area (Å²) in [5.74, 6) is -0.0762. The number of anilines is 1. The molecule has 0 N–H and O–H groups in total. The SMILES string of the molecule is CCN(CC)c1ccc(CN(CCOC)C(=O)CC(C)C)c(OS(=O)(=O)c2cccc(C(F)(F)F)c2)c1. The number of carbonyl (C=O) groups is 1. The van der Waals surface area contributed by atoms with Gasteiger partial charge in [0.05, 0.1) is 12.2 Å². The van der Waals surface area contributed by atoms with Crippen molar-refractivity contribution in [2.24, 2.45) is 5.92 Å². The molecular weight excluding hydrogens is 509 g/mol. The van der Waals surface area contributed by atoms with Gasteiger partial charge in [0.25, 0.3) is 0 Å².